The van der Waals surface area contributed by atoms with Crippen LogP contribution in [0.1, 0.15) is 5.56 Å². The van der Waals surface area contributed by atoms with E-state index in [9.17, 15) is 4.39 Å². The second kappa shape index (κ2) is 5.35. The van der Waals surface area contributed by atoms with Crippen LogP contribution in [-0.4, -0.2) is 11.3 Å². The van der Waals surface area contributed by atoms with Gasteiger partial charge in [0.2, 0.25) is 0 Å². The zero-order valence-electron chi connectivity index (χ0n) is 7.17. The number of alkyl halides is 1. The van der Waals surface area contributed by atoms with Crippen molar-refractivity contribution in [2.75, 3.05) is 12.1 Å². The largest absolute Gasteiger partial charge is 0.278 e. The fourth-order valence-electron chi connectivity index (χ4n) is 0.813. The highest BCUT2D eigenvalue weighted by Crippen LogP contribution is 2.09. The van der Waals surface area contributed by atoms with Crippen molar-refractivity contribution in [1.29, 1.82) is 5.26 Å². The fraction of sp³-hybridized carbons (Fsp3) is 0.111. The molecule has 0 atom stereocenters. The smallest absolute Gasteiger partial charge is 0.140 e. The van der Waals surface area contributed by atoms with Crippen molar-refractivity contribution >= 4 is 26.2 Å². The van der Waals surface area contributed by atoms with E-state index in [1.54, 1.807) is 24.3 Å². The van der Waals surface area contributed by atoms with Gasteiger partial charge in [0.05, 0.1) is 17.3 Å². The van der Waals surface area contributed by atoms with Crippen molar-refractivity contribution in [3.05, 3.63) is 29.8 Å². The number of nitriles is 1. The molecule has 72 valence electrons. The fourth-order valence-corrected chi connectivity index (χ4v) is 0.902. The predicted molar refractivity (Wildman–Crippen MR) is 57.1 cm³/mol. The summed E-state index contributed by atoms with van der Waals surface area (Å²) in [5.41, 5.74) is 3.80. The minimum Gasteiger partial charge on any atom is -0.278 e. The number of nitrogens with zero attached hydrogens (tertiary/aromatic N) is 2. The average Bonchev–Trinajstić information content (AvgIpc) is 2.26. The zero-order valence-corrected chi connectivity index (χ0v) is 8.75. The highest BCUT2D eigenvalue weighted by atomic mass is 79.9. The Kier molecular flexibility index (Phi) is 4.08. The van der Waals surface area contributed by atoms with Crippen LogP contribution in [-0.2, 0) is 0 Å². The molecule has 0 aliphatic heterocycles. The first-order chi connectivity index (χ1) is 6.76. The summed E-state index contributed by atoms with van der Waals surface area (Å²) in [4.78, 5) is 0. The first-order valence-electron chi connectivity index (χ1n) is 3.80. The second-order valence-electron chi connectivity index (χ2n) is 2.43. The number of halogens is 2. The lowest BCUT2D eigenvalue weighted by atomic mass is 10.2. The molecule has 0 aliphatic carbocycles. The predicted octanol–water partition coefficient (Wildman–Crippen LogP) is 2.65. The van der Waals surface area contributed by atoms with Crippen LogP contribution in [0, 0.1) is 11.3 Å². The second-order valence-corrected chi connectivity index (χ2v) is 3.34. The summed E-state index contributed by atoms with van der Waals surface area (Å²) in [5.74, 6) is 0. The molecule has 1 N–H and O–H groups in total. The molecule has 3 nitrogen and oxygen atoms in total. The van der Waals surface area contributed by atoms with Crippen LogP contribution in [0.5, 0.6) is 0 Å². The van der Waals surface area contributed by atoms with Gasteiger partial charge in [-0.05, 0) is 34.1 Å². The van der Waals surface area contributed by atoms with E-state index in [1.807, 2.05) is 6.07 Å². The minimum absolute atomic E-state index is 0.180. The summed E-state index contributed by atoms with van der Waals surface area (Å²) < 4.78 is 12.1. The Morgan fingerprint density at radius 2 is 2.43 bits per heavy atom. The summed E-state index contributed by atoms with van der Waals surface area (Å²) in [5, 5.41) is 12.3. The van der Waals surface area contributed by atoms with Crippen LogP contribution < -0.4 is 5.43 Å². The van der Waals surface area contributed by atoms with Gasteiger partial charge in [-0.2, -0.15) is 10.4 Å². The van der Waals surface area contributed by atoms with Crippen molar-refractivity contribution in [3.63, 3.8) is 0 Å². The molecule has 0 fully saturated rings. The minimum atomic E-state index is -0.662. The molecule has 0 amide bonds. The van der Waals surface area contributed by atoms with Gasteiger partial charge in [0.1, 0.15) is 11.3 Å². The summed E-state index contributed by atoms with van der Waals surface area (Å²) in [6.45, 7) is -0.662. The van der Waals surface area contributed by atoms with Crippen LogP contribution in [0.4, 0.5) is 10.1 Å². The molecule has 0 saturated carbocycles. The van der Waals surface area contributed by atoms with E-state index in [-0.39, 0.29) is 4.62 Å². The van der Waals surface area contributed by atoms with Gasteiger partial charge in [0.25, 0.3) is 0 Å². The van der Waals surface area contributed by atoms with Gasteiger partial charge in [-0.15, -0.1) is 0 Å². The van der Waals surface area contributed by atoms with Crippen LogP contribution in [0.15, 0.2) is 29.4 Å². The molecule has 1 rings (SSSR count). The Morgan fingerprint density at radius 3 is 3.07 bits per heavy atom. The van der Waals surface area contributed by atoms with Gasteiger partial charge >= 0.3 is 0 Å². The van der Waals surface area contributed by atoms with Crippen molar-refractivity contribution in [3.8, 4) is 6.07 Å². The normalized spacial score (nSPS) is 10.8. The summed E-state index contributed by atoms with van der Waals surface area (Å²) >= 11 is 2.92. The number of benzene rings is 1. The highest BCUT2D eigenvalue weighted by Gasteiger charge is 1.94. The van der Waals surface area contributed by atoms with Gasteiger partial charge < -0.3 is 0 Å². The molecule has 0 unspecified atom stereocenters. The van der Waals surface area contributed by atoms with Gasteiger partial charge in [-0.3, -0.25) is 5.43 Å². The quantitative estimate of drug-likeness (QED) is 0.667. The number of hydrazone groups is 1. The van der Waals surface area contributed by atoms with E-state index in [4.69, 9.17) is 5.26 Å². The van der Waals surface area contributed by atoms with Gasteiger partial charge in [0, 0.05) is 0 Å². The number of anilines is 1. The Labute approximate surface area is 89.4 Å². The molecule has 0 heterocycles. The van der Waals surface area contributed by atoms with E-state index >= 15 is 0 Å². The van der Waals surface area contributed by atoms with E-state index in [0.717, 1.165) is 0 Å². The summed E-state index contributed by atoms with van der Waals surface area (Å²) in [6.07, 6.45) is 0. The third-order valence-corrected chi connectivity index (χ3v) is 1.80. The molecular weight excluding hydrogens is 249 g/mol. The number of hydrogen-bond donors (Lipinski definition) is 1. The van der Waals surface area contributed by atoms with Crippen LogP contribution in [0.25, 0.3) is 0 Å². The van der Waals surface area contributed by atoms with E-state index in [0.29, 0.717) is 11.3 Å². The maximum atomic E-state index is 12.0. The Balaban J connectivity index is 2.73. The Bertz CT molecular complexity index is 384. The van der Waals surface area contributed by atoms with Gasteiger partial charge in [-0.1, -0.05) is 6.07 Å². The molecule has 0 spiro atoms. The molecular formula is C9H7BrFN3. The maximum absolute atomic E-state index is 12.0. The SMILES string of the molecule is N#Cc1cccc(NN=C(Br)CF)c1. The topological polar surface area (TPSA) is 48.2 Å². The molecule has 0 saturated heterocycles. The first-order valence-corrected chi connectivity index (χ1v) is 4.59. The summed E-state index contributed by atoms with van der Waals surface area (Å²) in [7, 11) is 0. The Hall–Kier alpha value is -1.41. The molecule has 1 aromatic carbocycles. The Morgan fingerprint density at radius 1 is 1.64 bits per heavy atom. The van der Waals surface area contributed by atoms with Crippen molar-refractivity contribution in [1.82, 2.24) is 0 Å². The first kappa shape index (κ1) is 10.7. The van der Waals surface area contributed by atoms with Gasteiger partial charge in [-0.25, -0.2) is 4.39 Å². The molecule has 1 aromatic rings. The lowest BCUT2D eigenvalue weighted by Crippen LogP contribution is -1.96. The lowest BCUT2D eigenvalue weighted by Gasteiger charge is -2.00. The van der Waals surface area contributed by atoms with E-state index in [1.165, 1.54) is 0 Å². The molecule has 0 bridgehead atoms. The van der Waals surface area contributed by atoms with Crippen molar-refractivity contribution in [2.24, 2.45) is 5.10 Å². The third-order valence-electron chi connectivity index (χ3n) is 1.41. The standard InChI is InChI=1S/C9H7BrFN3/c10-9(5-11)14-13-8-3-1-2-7(4-8)6-12/h1-4,13H,5H2. The van der Waals surface area contributed by atoms with Gasteiger partial charge in [0.15, 0.2) is 0 Å². The molecule has 5 heteroatoms. The number of nitrogens with one attached hydrogen (secondary N) is 1. The molecule has 14 heavy (non-hydrogen) atoms. The summed E-state index contributed by atoms with van der Waals surface area (Å²) in [6, 6.07) is 8.76. The van der Waals surface area contributed by atoms with Crippen molar-refractivity contribution in [2.45, 2.75) is 0 Å². The van der Waals surface area contributed by atoms with E-state index < -0.39 is 6.67 Å². The number of hydrogen-bond acceptors (Lipinski definition) is 3. The third kappa shape index (κ3) is 3.15. The van der Waals surface area contributed by atoms with Crippen LogP contribution >= 0.6 is 15.9 Å². The number of rotatable bonds is 3. The van der Waals surface area contributed by atoms with Crippen molar-refractivity contribution < 1.29 is 4.39 Å². The average molecular weight is 256 g/mol. The van der Waals surface area contributed by atoms with Crippen LogP contribution in [0.3, 0.4) is 0 Å². The highest BCUT2D eigenvalue weighted by molar-refractivity contribution is 9.18. The molecule has 0 aromatic heterocycles. The lowest BCUT2D eigenvalue weighted by molar-refractivity contribution is 0.586. The van der Waals surface area contributed by atoms with E-state index in [2.05, 4.69) is 26.5 Å². The zero-order chi connectivity index (χ0) is 10.4. The molecule has 0 radical (unpaired) electrons. The maximum Gasteiger partial charge on any atom is 0.140 e. The monoisotopic (exact) mass is 255 g/mol. The van der Waals surface area contributed by atoms with Crippen LogP contribution in [0.2, 0.25) is 0 Å². The molecule has 0 aliphatic rings.